The standard InChI is InChI=1S/C18H21NO5S/c1-4-13-6-11-16(12-17(13)18(21)24-3)25(22,23)19(5-2)14-7-9-15(20)10-8-14/h6-12,20H,4-5H2,1-3H3. The first-order chi connectivity index (χ1) is 11.8. The number of rotatable bonds is 6. The molecule has 134 valence electrons. The third kappa shape index (κ3) is 3.76. The molecule has 6 nitrogen and oxygen atoms in total. The summed E-state index contributed by atoms with van der Waals surface area (Å²) in [6.07, 6.45) is 0.584. The van der Waals surface area contributed by atoms with Gasteiger partial charge < -0.3 is 9.84 Å². The van der Waals surface area contributed by atoms with Gasteiger partial charge in [0.05, 0.1) is 23.3 Å². The van der Waals surface area contributed by atoms with Crippen molar-refractivity contribution in [2.75, 3.05) is 18.0 Å². The summed E-state index contributed by atoms with van der Waals surface area (Å²) in [6.45, 7) is 3.80. The molecule has 2 rings (SSSR count). The monoisotopic (exact) mass is 363 g/mol. The van der Waals surface area contributed by atoms with Crippen molar-refractivity contribution in [3.63, 3.8) is 0 Å². The summed E-state index contributed by atoms with van der Waals surface area (Å²) in [5, 5.41) is 9.39. The molecule has 0 aliphatic rings. The second kappa shape index (κ2) is 7.57. The molecule has 0 amide bonds. The molecule has 0 fully saturated rings. The van der Waals surface area contributed by atoms with Crippen LogP contribution in [0.2, 0.25) is 0 Å². The van der Waals surface area contributed by atoms with E-state index in [1.807, 2.05) is 6.92 Å². The number of sulfonamides is 1. The molecule has 1 N–H and O–H groups in total. The van der Waals surface area contributed by atoms with E-state index in [0.717, 1.165) is 5.56 Å². The summed E-state index contributed by atoms with van der Waals surface area (Å²) >= 11 is 0. The van der Waals surface area contributed by atoms with Crippen LogP contribution in [0.25, 0.3) is 0 Å². The average Bonchev–Trinajstić information content (AvgIpc) is 2.62. The van der Waals surface area contributed by atoms with Crippen molar-refractivity contribution in [1.82, 2.24) is 0 Å². The molecule has 0 spiro atoms. The number of aryl methyl sites for hydroxylation is 1. The van der Waals surface area contributed by atoms with Crippen LogP contribution in [0.1, 0.15) is 29.8 Å². The molecule has 0 aromatic heterocycles. The maximum Gasteiger partial charge on any atom is 0.338 e. The Kier molecular flexibility index (Phi) is 5.69. The number of methoxy groups -OCH3 is 1. The van der Waals surface area contributed by atoms with E-state index >= 15 is 0 Å². The Morgan fingerprint density at radius 3 is 2.28 bits per heavy atom. The molecule has 0 atom stereocenters. The largest absolute Gasteiger partial charge is 0.508 e. The van der Waals surface area contributed by atoms with Crippen LogP contribution in [-0.4, -0.2) is 33.1 Å². The second-order valence-electron chi connectivity index (χ2n) is 5.35. The highest BCUT2D eigenvalue weighted by atomic mass is 32.2. The lowest BCUT2D eigenvalue weighted by molar-refractivity contribution is 0.0599. The van der Waals surface area contributed by atoms with Crippen LogP contribution >= 0.6 is 0 Å². The first kappa shape index (κ1) is 18.8. The predicted molar refractivity (Wildman–Crippen MR) is 95.5 cm³/mol. The fourth-order valence-electron chi connectivity index (χ4n) is 2.56. The average molecular weight is 363 g/mol. The minimum Gasteiger partial charge on any atom is -0.508 e. The van der Waals surface area contributed by atoms with Gasteiger partial charge in [-0.05, 0) is 55.3 Å². The van der Waals surface area contributed by atoms with Crippen LogP contribution in [0.15, 0.2) is 47.4 Å². The van der Waals surface area contributed by atoms with E-state index in [9.17, 15) is 18.3 Å². The van der Waals surface area contributed by atoms with Gasteiger partial charge in [0.1, 0.15) is 5.75 Å². The molecule has 2 aromatic rings. The zero-order valence-corrected chi connectivity index (χ0v) is 15.2. The molecule has 0 aliphatic heterocycles. The molecule has 0 unspecified atom stereocenters. The van der Waals surface area contributed by atoms with Crippen LogP contribution < -0.4 is 4.31 Å². The normalized spacial score (nSPS) is 11.2. The van der Waals surface area contributed by atoms with Crippen molar-refractivity contribution in [2.24, 2.45) is 0 Å². The third-order valence-corrected chi connectivity index (χ3v) is 5.78. The minimum absolute atomic E-state index is 0.0139. The summed E-state index contributed by atoms with van der Waals surface area (Å²) < 4.78 is 32.0. The molecule has 0 saturated heterocycles. The lowest BCUT2D eigenvalue weighted by Gasteiger charge is -2.23. The van der Waals surface area contributed by atoms with Crippen LogP contribution in [0.5, 0.6) is 5.75 Å². The van der Waals surface area contributed by atoms with Gasteiger partial charge in [-0.25, -0.2) is 13.2 Å². The number of phenolic OH excluding ortho intramolecular Hbond substituents is 1. The van der Waals surface area contributed by atoms with Crippen molar-refractivity contribution in [2.45, 2.75) is 25.2 Å². The Bertz CT molecular complexity index is 860. The van der Waals surface area contributed by atoms with Gasteiger partial charge in [0.15, 0.2) is 0 Å². The van der Waals surface area contributed by atoms with E-state index in [-0.39, 0.29) is 22.8 Å². The van der Waals surface area contributed by atoms with Gasteiger partial charge in [-0.3, -0.25) is 4.31 Å². The smallest absolute Gasteiger partial charge is 0.338 e. The highest BCUT2D eigenvalue weighted by Crippen LogP contribution is 2.27. The zero-order valence-electron chi connectivity index (χ0n) is 14.4. The number of phenols is 1. The number of aromatic hydroxyl groups is 1. The van der Waals surface area contributed by atoms with Gasteiger partial charge in [0.25, 0.3) is 10.0 Å². The summed E-state index contributed by atoms with van der Waals surface area (Å²) in [6, 6.07) is 10.4. The molecule has 0 heterocycles. The Balaban J connectivity index is 2.54. The first-order valence-corrected chi connectivity index (χ1v) is 9.32. The van der Waals surface area contributed by atoms with E-state index < -0.39 is 16.0 Å². The Hall–Kier alpha value is -2.54. The van der Waals surface area contributed by atoms with Crippen molar-refractivity contribution < 1.29 is 23.1 Å². The highest BCUT2D eigenvalue weighted by Gasteiger charge is 2.25. The topological polar surface area (TPSA) is 83.9 Å². The van der Waals surface area contributed by atoms with Gasteiger partial charge in [0.2, 0.25) is 0 Å². The van der Waals surface area contributed by atoms with Crippen molar-refractivity contribution in [3.05, 3.63) is 53.6 Å². The van der Waals surface area contributed by atoms with Crippen molar-refractivity contribution in [1.29, 1.82) is 0 Å². The predicted octanol–water partition coefficient (Wildman–Crippen LogP) is 2.96. The summed E-state index contributed by atoms with van der Waals surface area (Å²) in [4.78, 5) is 12.0. The number of esters is 1. The van der Waals surface area contributed by atoms with Gasteiger partial charge in [0, 0.05) is 6.54 Å². The number of carbonyl (C=O) groups excluding carboxylic acids is 1. The van der Waals surface area contributed by atoms with E-state index in [0.29, 0.717) is 12.1 Å². The zero-order chi connectivity index (χ0) is 18.6. The van der Waals surface area contributed by atoms with E-state index in [4.69, 9.17) is 4.74 Å². The summed E-state index contributed by atoms with van der Waals surface area (Å²) in [5.74, 6) is -0.515. The maximum atomic E-state index is 13.0. The maximum absolute atomic E-state index is 13.0. The van der Waals surface area contributed by atoms with Crippen molar-refractivity contribution in [3.8, 4) is 5.75 Å². The van der Waals surface area contributed by atoms with Gasteiger partial charge in [-0.2, -0.15) is 0 Å². The number of nitrogens with zero attached hydrogens (tertiary/aromatic N) is 1. The SMILES string of the molecule is CCc1ccc(S(=O)(=O)N(CC)c2ccc(O)cc2)cc1C(=O)OC. The number of benzene rings is 2. The summed E-state index contributed by atoms with van der Waals surface area (Å²) in [7, 11) is -2.60. The first-order valence-electron chi connectivity index (χ1n) is 7.88. The molecule has 0 saturated carbocycles. The molecule has 0 radical (unpaired) electrons. The second-order valence-corrected chi connectivity index (χ2v) is 7.21. The molecule has 2 aromatic carbocycles. The summed E-state index contributed by atoms with van der Waals surface area (Å²) in [5.41, 5.74) is 1.39. The van der Waals surface area contributed by atoms with Gasteiger partial charge in [-0.1, -0.05) is 13.0 Å². The number of ether oxygens (including phenoxy) is 1. The quantitative estimate of drug-likeness (QED) is 0.798. The molecule has 25 heavy (non-hydrogen) atoms. The molecular formula is C18H21NO5S. The van der Waals surface area contributed by atoms with Crippen molar-refractivity contribution >= 4 is 21.7 Å². The Morgan fingerprint density at radius 1 is 1.12 bits per heavy atom. The fourth-order valence-corrected chi connectivity index (χ4v) is 4.06. The van der Waals surface area contributed by atoms with Gasteiger partial charge >= 0.3 is 5.97 Å². The minimum atomic E-state index is -3.86. The lowest BCUT2D eigenvalue weighted by atomic mass is 10.1. The molecule has 7 heteroatoms. The van der Waals surface area contributed by atoms with Crippen LogP contribution in [0, 0.1) is 0 Å². The highest BCUT2D eigenvalue weighted by molar-refractivity contribution is 7.92. The Labute approximate surface area is 147 Å². The van der Waals surface area contributed by atoms with E-state index in [1.165, 1.54) is 47.8 Å². The number of carbonyl (C=O) groups is 1. The fraction of sp³-hybridized carbons (Fsp3) is 0.278. The van der Waals surface area contributed by atoms with E-state index in [2.05, 4.69) is 0 Å². The molecular weight excluding hydrogens is 342 g/mol. The van der Waals surface area contributed by atoms with Crippen LogP contribution in [0.3, 0.4) is 0 Å². The number of hydrogen-bond acceptors (Lipinski definition) is 5. The number of anilines is 1. The Morgan fingerprint density at radius 2 is 1.76 bits per heavy atom. The third-order valence-electron chi connectivity index (χ3n) is 3.88. The van der Waals surface area contributed by atoms with E-state index in [1.54, 1.807) is 13.0 Å². The van der Waals surface area contributed by atoms with Crippen LogP contribution in [-0.2, 0) is 21.2 Å². The van der Waals surface area contributed by atoms with Crippen LogP contribution in [0.4, 0.5) is 5.69 Å². The molecule has 0 bridgehead atoms. The van der Waals surface area contributed by atoms with Gasteiger partial charge in [-0.15, -0.1) is 0 Å². The lowest BCUT2D eigenvalue weighted by Crippen LogP contribution is -2.31. The number of hydrogen-bond donors (Lipinski definition) is 1. The molecule has 0 aliphatic carbocycles.